The van der Waals surface area contributed by atoms with Gasteiger partial charge in [0.2, 0.25) is 0 Å². The van der Waals surface area contributed by atoms with Crippen molar-refractivity contribution in [3.05, 3.63) is 63.3 Å². The van der Waals surface area contributed by atoms with Crippen LogP contribution in [0.25, 0.3) is 11.0 Å². The fourth-order valence-electron chi connectivity index (χ4n) is 4.44. The van der Waals surface area contributed by atoms with Gasteiger partial charge < -0.3 is 15.2 Å². The lowest BCUT2D eigenvalue weighted by Gasteiger charge is -2.41. The molecule has 2 N–H and O–H groups in total. The molecule has 0 bridgehead atoms. The topological polar surface area (TPSA) is 94.2 Å². The van der Waals surface area contributed by atoms with E-state index in [1.54, 1.807) is 31.6 Å². The van der Waals surface area contributed by atoms with Crippen molar-refractivity contribution < 1.29 is 18.0 Å². The van der Waals surface area contributed by atoms with Gasteiger partial charge >= 0.3 is 6.18 Å². The average molecular weight is 474 g/mol. The normalized spacial score (nSPS) is 17.2. The number of hydrogen-bond donors (Lipinski definition) is 2. The fraction of sp³-hybridized carbons (Fsp3) is 0.391. The Morgan fingerprint density at radius 2 is 2.00 bits per heavy atom. The smallest absolute Gasteiger partial charge is 0.365 e. The number of hydrogen-bond acceptors (Lipinski definition) is 6. The van der Waals surface area contributed by atoms with Crippen molar-refractivity contribution in [3.63, 3.8) is 0 Å². The monoisotopic (exact) mass is 474 g/mol. The summed E-state index contributed by atoms with van der Waals surface area (Å²) in [6, 6.07) is 5.44. The molecule has 1 aliphatic heterocycles. The fourth-order valence-corrected chi connectivity index (χ4v) is 4.44. The minimum atomic E-state index is -4.74. The quantitative estimate of drug-likeness (QED) is 0.604. The summed E-state index contributed by atoms with van der Waals surface area (Å²) in [6.45, 7) is 6.16. The molecule has 0 unspecified atom stereocenters. The zero-order valence-corrected chi connectivity index (χ0v) is 19.0. The van der Waals surface area contributed by atoms with Crippen molar-refractivity contribution in [1.82, 2.24) is 25.2 Å². The molecule has 8 nitrogen and oxygen atoms in total. The van der Waals surface area contributed by atoms with E-state index in [2.05, 4.69) is 37.0 Å². The molecule has 0 aliphatic carbocycles. The van der Waals surface area contributed by atoms with Gasteiger partial charge in [-0.3, -0.25) is 19.5 Å². The number of anilines is 1. The highest BCUT2D eigenvalue weighted by Gasteiger charge is 2.37. The molecule has 11 heteroatoms. The minimum absolute atomic E-state index is 0.140. The van der Waals surface area contributed by atoms with Crippen molar-refractivity contribution in [1.29, 1.82) is 0 Å². The van der Waals surface area contributed by atoms with Gasteiger partial charge in [0.15, 0.2) is 0 Å². The number of halogens is 3. The first kappa shape index (κ1) is 23.7. The van der Waals surface area contributed by atoms with Crippen LogP contribution in [0.5, 0.6) is 0 Å². The van der Waals surface area contributed by atoms with E-state index in [4.69, 9.17) is 0 Å². The van der Waals surface area contributed by atoms with Gasteiger partial charge in [-0.1, -0.05) is 0 Å². The first-order valence-electron chi connectivity index (χ1n) is 10.8. The van der Waals surface area contributed by atoms with Gasteiger partial charge in [-0.25, -0.2) is 4.98 Å². The second-order valence-corrected chi connectivity index (χ2v) is 8.45. The molecule has 180 valence electrons. The van der Waals surface area contributed by atoms with E-state index in [-0.39, 0.29) is 23.0 Å². The minimum Gasteiger partial charge on any atom is -0.365 e. The van der Waals surface area contributed by atoms with Crippen molar-refractivity contribution in [3.8, 4) is 0 Å². The summed E-state index contributed by atoms with van der Waals surface area (Å²) in [6.07, 6.45) is -1.48. The molecule has 1 saturated heterocycles. The summed E-state index contributed by atoms with van der Waals surface area (Å²) < 4.78 is 39.6. The van der Waals surface area contributed by atoms with E-state index in [9.17, 15) is 22.8 Å². The Hall–Kier alpha value is -3.47. The molecule has 4 rings (SSSR count). The van der Waals surface area contributed by atoms with Crippen LogP contribution in [0.3, 0.4) is 0 Å². The third kappa shape index (κ3) is 4.60. The number of piperazine rings is 1. The van der Waals surface area contributed by atoms with Crippen LogP contribution in [0.15, 0.2) is 35.4 Å². The number of H-pyrrole nitrogens is 1. The highest BCUT2D eigenvalue weighted by molar-refractivity contribution is 5.92. The van der Waals surface area contributed by atoms with Crippen LogP contribution in [0.1, 0.15) is 34.1 Å². The van der Waals surface area contributed by atoms with Gasteiger partial charge in [-0.15, -0.1) is 0 Å². The van der Waals surface area contributed by atoms with Gasteiger partial charge in [-0.2, -0.15) is 13.2 Å². The predicted molar refractivity (Wildman–Crippen MR) is 122 cm³/mol. The van der Waals surface area contributed by atoms with Crippen LogP contribution in [-0.2, 0) is 12.7 Å². The third-order valence-corrected chi connectivity index (χ3v) is 6.09. The van der Waals surface area contributed by atoms with E-state index >= 15 is 0 Å². The van der Waals surface area contributed by atoms with Gasteiger partial charge in [0.05, 0.1) is 22.9 Å². The second-order valence-electron chi connectivity index (χ2n) is 8.45. The van der Waals surface area contributed by atoms with Crippen LogP contribution in [0.2, 0.25) is 0 Å². The zero-order chi connectivity index (χ0) is 24.6. The number of fused-ring (bicyclic) bond motifs is 1. The van der Waals surface area contributed by atoms with Crippen LogP contribution < -0.4 is 15.8 Å². The number of nitrogens with one attached hydrogen (secondary N) is 2. The lowest BCUT2D eigenvalue weighted by Crippen LogP contribution is -2.51. The molecule has 34 heavy (non-hydrogen) atoms. The summed E-state index contributed by atoms with van der Waals surface area (Å²) in [5.74, 6) is -0.236. The Labute approximate surface area is 193 Å². The Balaban J connectivity index is 1.47. The molecule has 0 spiro atoms. The summed E-state index contributed by atoms with van der Waals surface area (Å²) in [5.41, 5.74) is -0.00499. The molecule has 1 amide bonds. The summed E-state index contributed by atoms with van der Waals surface area (Å²) in [7, 11) is 1.56. The largest absolute Gasteiger partial charge is 0.422 e. The Kier molecular flexibility index (Phi) is 6.30. The maximum Gasteiger partial charge on any atom is 0.422 e. The molecular formula is C23H25F3N6O2. The molecule has 4 heterocycles. The van der Waals surface area contributed by atoms with Crippen LogP contribution in [-0.4, -0.2) is 58.5 Å². The van der Waals surface area contributed by atoms with E-state index in [1.807, 2.05) is 6.07 Å². The van der Waals surface area contributed by atoms with Gasteiger partial charge in [-0.05, 0) is 43.2 Å². The van der Waals surface area contributed by atoms with E-state index in [0.717, 1.165) is 30.9 Å². The molecule has 0 radical (unpaired) electrons. The number of amides is 1. The number of aromatic amines is 1. The molecule has 0 aromatic carbocycles. The number of carbonyl (C=O) groups is 1. The molecule has 1 fully saturated rings. The molecule has 0 saturated carbocycles. The molecule has 3 aromatic heterocycles. The molecular weight excluding hydrogens is 449 g/mol. The van der Waals surface area contributed by atoms with Crippen molar-refractivity contribution in [2.75, 3.05) is 31.6 Å². The predicted octanol–water partition coefficient (Wildman–Crippen LogP) is 2.72. The van der Waals surface area contributed by atoms with Crippen molar-refractivity contribution >= 4 is 22.6 Å². The lowest BCUT2D eigenvalue weighted by atomic mass is 10.1. The van der Waals surface area contributed by atoms with Gasteiger partial charge in [0.1, 0.15) is 11.3 Å². The number of pyridine rings is 3. The highest BCUT2D eigenvalue weighted by atomic mass is 19.4. The van der Waals surface area contributed by atoms with Crippen molar-refractivity contribution in [2.45, 2.75) is 32.6 Å². The van der Waals surface area contributed by atoms with Gasteiger partial charge in [0.25, 0.3) is 11.5 Å². The summed E-state index contributed by atoms with van der Waals surface area (Å²) in [4.78, 5) is 39.0. The lowest BCUT2D eigenvalue weighted by molar-refractivity contribution is -0.139. The Morgan fingerprint density at radius 3 is 2.62 bits per heavy atom. The number of nitrogens with zero attached hydrogens (tertiary/aromatic N) is 4. The standard InChI is InChI=1S/C23H25F3N6O2/c1-13-11-31(6-7-32(13)16-4-5-17(28-10-16)21(33)27-3)12-15-8-18-20(29-9-15)14(2)19(22(34)30-18)23(24,25)26/h4-5,8-10,13H,6-7,11-12H2,1-3H3,(H,27,33)(H,30,34)/t13-/m0/s1. The van der Waals surface area contributed by atoms with E-state index < -0.39 is 17.3 Å². The number of carbonyl (C=O) groups excluding carboxylic acids is 1. The first-order valence-corrected chi connectivity index (χ1v) is 10.8. The van der Waals surface area contributed by atoms with Crippen LogP contribution in [0.4, 0.5) is 18.9 Å². The molecule has 1 atom stereocenters. The summed E-state index contributed by atoms with van der Waals surface area (Å²) >= 11 is 0. The molecule has 3 aromatic rings. The Morgan fingerprint density at radius 1 is 1.24 bits per heavy atom. The van der Waals surface area contributed by atoms with E-state index in [0.29, 0.717) is 17.8 Å². The Bertz CT molecular complexity index is 1270. The SMILES string of the molecule is CNC(=O)c1ccc(N2CCN(Cc3cnc4c(C)c(C(F)(F)F)c(=O)[nH]c4c3)C[C@@H]2C)cn1. The van der Waals surface area contributed by atoms with Crippen molar-refractivity contribution in [2.24, 2.45) is 0 Å². The van der Waals surface area contributed by atoms with Gasteiger partial charge in [0, 0.05) is 45.5 Å². The number of alkyl halides is 3. The number of aromatic nitrogens is 3. The van der Waals surface area contributed by atoms with E-state index in [1.165, 1.54) is 6.92 Å². The number of aryl methyl sites for hydroxylation is 1. The maximum absolute atomic E-state index is 13.2. The first-order chi connectivity index (χ1) is 16.1. The van der Waals surface area contributed by atoms with Crippen LogP contribution >= 0.6 is 0 Å². The average Bonchev–Trinajstić information content (AvgIpc) is 2.77. The molecule has 1 aliphatic rings. The second kappa shape index (κ2) is 9.05. The highest BCUT2D eigenvalue weighted by Crippen LogP contribution is 2.31. The maximum atomic E-state index is 13.2. The number of rotatable bonds is 4. The third-order valence-electron chi connectivity index (χ3n) is 6.09. The summed E-state index contributed by atoms with van der Waals surface area (Å²) in [5, 5.41) is 2.55. The van der Waals surface area contributed by atoms with Crippen LogP contribution in [0, 0.1) is 6.92 Å². The zero-order valence-electron chi connectivity index (χ0n) is 19.0.